The molecule has 0 bridgehead atoms. The van der Waals surface area contributed by atoms with Gasteiger partial charge in [-0.15, -0.1) is 0 Å². The second-order valence-electron chi connectivity index (χ2n) is 10.1. The van der Waals surface area contributed by atoms with Crippen LogP contribution in [0.5, 0.6) is 0 Å². The Hall–Kier alpha value is -3.02. The summed E-state index contributed by atoms with van der Waals surface area (Å²) in [6, 6.07) is 11.9. The largest absolute Gasteiger partial charge is 0.338 e. The van der Waals surface area contributed by atoms with E-state index in [4.69, 9.17) is 0 Å². The van der Waals surface area contributed by atoms with Gasteiger partial charge < -0.3 is 21.3 Å². The van der Waals surface area contributed by atoms with Crippen molar-refractivity contribution in [3.8, 4) is 0 Å². The van der Waals surface area contributed by atoms with Gasteiger partial charge in [0, 0.05) is 24.5 Å². The third-order valence-electron chi connectivity index (χ3n) is 6.13. The van der Waals surface area contributed by atoms with Gasteiger partial charge in [-0.05, 0) is 87.1 Å². The normalized spacial score (nSPS) is 10.7. The maximum absolute atomic E-state index is 12.0. The highest BCUT2D eigenvalue weighted by molar-refractivity contribution is 5.90. The van der Waals surface area contributed by atoms with Crippen LogP contribution in [0.4, 0.5) is 21.0 Å². The zero-order valence-corrected chi connectivity index (χ0v) is 22.8. The Kier molecular flexibility index (Phi) is 13.5. The molecule has 0 saturated carbocycles. The lowest BCUT2D eigenvalue weighted by atomic mass is 10.1. The Morgan fingerprint density at radius 2 is 0.750 bits per heavy atom. The average Bonchev–Trinajstić information content (AvgIpc) is 2.77. The molecule has 4 amide bonds. The van der Waals surface area contributed by atoms with Crippen molar-refractivity contribution in [3.05, 3.63) is 58.7 Å². The lowest BCUT2D eigenvalue weighted by Gasteiger charge is -2.09. The van der Waals surface area contributed by atoms with Crippen LogP contribution in [-0.2, 0) is 0 Å². The number of hydrogen-bond acceptors (Lipinski definition) is 2. The van der Waals surface area contributed by atoms with Crippen molar-refractivity contribution in [3.63, 3.8) is 0 Å². The van der Waals surface area contributed by atoms with Gasteiger partial charge >= 0.3 is 12.1 Å². The zero-order chi connectivity index (χ0) is 26.2. The SMILES string of the molecule is Cc1cc(C)cc(NC(=O)NCCCCCCCCCCCCNC(=O)Nc2cc(C)cc(C)c2)c1. The van der Waals surface area contributed by atoms with E-state index in [1.807, 2.05) is 52.0 Å². The van der Waals surface area contributed by atoms with Gasteiger partial charge in [-0.1, -0.05) is 63.5 Å². The molecule has 6 heteroatoms. The van der Waals surface area contributed by atoms with Crippen molar-refractivity contribution in [2.75, 3.05) is 23.7 Å². The molecule has 0 aliphatic rings. The summed E-state index contributed by atoms with van der Waals surface area (Å²) in [5.41, 5.74) is 6.29. The van der Waals surface area contributed by atoms with Crippen LogP contribution in [0, 0.1) is 27.7 Å². The van der Waals surface area contributed by atoms with Gasteiger partial charge in [0.15, 0.2) is 0 Å². The summed E-state index contributed by atoms with van der Waals surface area (Å²) in [5.74, 6) is 0. The van der Waals surface area contributed by atoms with Gasteiger partial charge in [-0.25, -0.2) is 9.59 Å². The van der Waals surface area contributed by atoms with Crippen molar-refractivity contribution in [2.45, 2.75) is 91.9 Å². The van der Waals surface area contributed by atoms with E-state index < -0.39 is 0 Å². The van der Waals surface area contributed by atoms with Crippen LogP contribution in [0.1, 0.15) is 86.5 Å². The summed E-state index contributed by atoms with van der Waals surface area (Å²) in [6.45, 7) is 9.56. The smallest absolute Gasteiger partial charge is 0.319 e. The van der Waals surface area contributed by atoms with E-state index in [1.54, 1.807) is 0 Å². The van der Waals surface area contributed by atoms with Crippen molar-refractivity contribution in [1.82, 2.24) is 10.6 Å². The van der Waals surface area contributed by atoms with Gasteiger partial charge in [0.1, 0.15) is 0 Å². The second kappa shape index (κ2) is 16.6. The Bertz CT molecular complexity index is 840. The molecule has 0 aromatic heterocycles. The van der Waals surface area contributed by atoms with Crippen LogP contribution in [-0.4, -0.2) is 25.2 Å². The maximum Gasteiger partial charge on any atom is 0.319 e. The van der Waals surface area contributed by atoms with Crippen LogP contribution in [0.15, 0.2) is 36.4 Å². The third-order valence-corrected chi connectivity index (χ3v) is 6.13. The molecule has 2 aromatic carbocycles. The molecule has 36 heavy (non-hydrogen) atoms. The fourth-order valence-corrected chi connectivity index (χ4v) is 4.51. The molecular weight excluding hydrogens is 448 g/mol. The Balaban J connectivity index is 1.36. The highest BCUT2D eigenvalue weighted by atomic mass is 16.2. The Morgan fingerprint density at radius 3 is 1.06 bits per heavy atom. The number of nitrogens with one attached hydrogen (secondary N) is 4. The Morgan fingerprint density at radius 1 is 0.472 bits per heavy atom. The number of carbonyl (C=O) groups excluding carboxylic acids is 2. The maximum atomic E-state index is 12.0. The molecule has 0 radical (unpaired) electrons. The van der Waals surface area contributed by atoms with Crippen LogP contribution in [0.2, 0.25) is 0 Å². The van der Waals surface area contributed by atoms with Gasteiger partial charge in [0.2, 0.25) is 0 Å². The van der Waals surface area contributed by atoms with Crippen molar-refractivity contribution in [2.24, 2.45) is 0 Å². The summed E-state index contributed by atoms with van der Waals surface area (Å²) in [6.07, 6.45) is 11.9. The number of rotatable bonds is 15. The molecule has 0 aliphatic carbocycles. The van der Waals surface area contributed by atoms with Gasteiger partial charge in [0.05, 0.1) is 0 Å². The number of anilines is 2. The van der Waals surface area contributed by atoms with Crippen molar-refractivity contribution in [1.29, 1.82) is 0 Å². The highest BCUT2D eigenvalue weighted by Gasteiger charge is 2.03. The molecule has 0 heterocycles. The third kappa shape index (κ3) is 13.2. The molecule has 6 nitrogen and oxygen atoms in total. The predicted molar refractivity (Wildman–Crippen MR) is 152 cm³/mol. The molecule has 0 atom stereocenters. The van der Waals surface area contributed by atoms with E-state index in [2.05, 4.69) is 33.4 Å². The molecule has 0 saturated heterocycles. The number of benzene rings is 2. The lowest BCUT2D eigenvalue weighted by molar-refractivity contribution is 0.251. The zero-order valence-electron chi connectivity index (χ0n) is 22.8. The lowest BCUT2D eigenvalue weighted by Crippen LogP contribution is -2.29. The molecule has 2 rings (SSSR count). The standard InChI is InChI=1S/C30H46N4O2/c1-23-17-24(2)20-27(19-23)33-29(35)31-15-13-11-9-7-5-6-8-10-12-14-16-32-30(36)34-28-21-25(3)18-26(4)22-28/h17-22H,5-16H2,1-4H3,(H2,31,33,35)(H2,32,34,36). The number of unbranched alkanes of at least 4 members (excludes halogenated alkanes) is 9. The molecule has 198 valence electrons. The van der Waals surface area contributed by atoms with Gasteiger partial charge in [-0.3, -0.25) is 0 Å². The molecule has 0 fully saturated rings. The van der Waals surface area contributed by atoms with Gasteiger partial charge in [-0.2, -0.15) is 0 Å². The first kappa shape index (κ1) is 29.2. The van der Waals surface area contributed by atoms with E-state index >= 15 is 0 Å². The molecule has 0 aliphatic heterocycles. The number of urea groups is 2. The first-order chi connectivity index (χ1) is 17.3. The second-order valence-corrected chi connectivity index (χ2v) is 10.1. The van der Waals surface area contributed by atoms with Crippen LogP contribution in [0.3, 0.4) is 0 Å². The number of hydrogen-bond donors (Lipinski definition) is 4. The molecule has 4 N–H and O–H groups in total. The first-order valence-electron chi connectivity index (χ1n) is 13.6. The quantitative estimate of drug-likeness (QED) is 0.191. The van der Waals surface area contributed by atoms with E-state index in [9.17, 15) is 9.59 Å². The molecule has 0 spiro atoms. The number of carbonyl (C=O) groups is 2. The van der Waals surface area contributed by atoms with Crippen molar-refractivity contribution >= 4 is 23.4 Å². The summed E-state index contributed by atoms with van der Waals surface area (Å²) in [4.78, 5) is 24.0. The molecular formula is C30H46N4O2. The van der Waals surface area contributed by atoms with E-state index in [1.165, 1.54) is 38.5 Å². The summed E-state index contributed by atoms with van der Waals surface area (Å²) in [7, 11) is 0. The fraction of sp³-hybridized carbons (Fsp3) is 0.533. The van der Waals surface area contributed by atoms with Gasteiger partial charge in [0.25, 0.3) is 0 Å². The number of amides is 4. The summed E-state index contributed by atoms with van der Waals surface area (Å²) >= 11 is 0. The minimum atomic E-state index is -0.128. The molecule has 0 unspecified atom stereocenters. The fourth-order valence-electron chi connectivity index (χ4n) is 4.51. The predicted octanol–water partition coefficient (Wildman–Crippen LogP) is 7.76. The minimum Gasteiger partial charge on any atom is -0.338 e. The van der Waals surface area contributed by atoms with Crippen LogP contribution in [0.25, 0.3) is 0 Å². The summed E-state index contributed by atoms with van der Waals surface area (Å²) in [5, 5.41) is 11.7. The van der Waals surface area contributed by atoms with Crippen LogP contribution >= 0.6 is 0 Å². The average molecular weight is 495 g/mol. The van der Waals surface area contributed by atoms with Crippen molar-refractivity contribution < 1.29 is 9.59 Å². The minimum absolute atomic E-state index is 0.128. The topological polar surface area (TPSA) is 82.3 Å². The van der Waals surface area contributed by atoms with E-state index in [0.717, 1.165) is 59.3 Å². The van der Waals surface area contributed by atoms with Crippen LogP contribution < -0.4 is 21.3 Å². The monoisotopic (exact) mass is 494 g/mol. The first-order valence-corrected chi connectivity index (χ1v) is 13.6. The van der Waals surface area contributed by atoms with E-state index in [0.29, 0.717) is 13.1 Å². The Labute approximate surface area is 218 Å². The highest BCUT2D eigenvalue weighted by Crippen LogP contribution is 2.15. The molecule has 2 aromatic rings. The number of aryl methyl sites for hydroxylation is 4. The summed E-state index contributed by atoms with van der Waals surface area (Å²) < 4.78 is 0. The van der Waals surface area contributed by atoms with E-state index in [-0.39, 0.29) is 12.1 Å².